The Morgan fingerprint density at radius 3 is 2.73 bits per heavy atom. The van der Waals surface area contributed by atoms with Crippen molar-refractivity contribution in [2.45, 2.75) is 6.10 Å². The summed E-state index contributed by atoms with van der Waals surface area (Å²) in [5.74, 6) is 0.106. The van der Waals surface area contributed by atoms with E-state index in [0.29, 0.717) is 0 Å². The van der Waals surface area contributed by atoms with Crippen molar-refractivity contribution in [3.8, 4) is 5.75 Å². The van der Waals surface area contributed by atoms with E-state index in [2.05, 4.69) is 4.18 Å². The third kappa shape index (κ3) is 2.89. The molecule has 0 aliphatic carbocycles. The summed E-state index contributed by atoms with van der Waals surface area (Å²) in [7, 11) is 0. The molecule has 3 nitrogen and oxygen atoms in total. The van der Waals surface area contributed by atoms with Crippen molar-refractivity contribution in [2.75, 3.05) is 6.54 Å². The number of nitrogens with two attached hydrogens (primary N) is 1. The largest absolute Gasteiger partial charge is 0.397 e. The van der Waals surface area contributed by atoms with E-state index in [1.54, 1.807) is 0 Å². The second kappa shape index (κ2) is 5.77. The van der Waals surface area contributed by atoms with Crippen molar-refractivity contribution in [1.82, 2.24) is 0 Å². The second-order valence-corrected chi connectivity index (χ2v) is 3.75. The molecule has 1 aromatic rings. The highest BCUT2D eigenvalue weighted by atomic mass is 35.5. The second-order valence-electron chi connectivity index (χ2n) is 2.67. The van der Waals surface area contributed by atoms with Crippen LogP contribution in [0.2, 0.25) is 10.0 Å². The summed E-state index contributed by atoms with van der Waals surface area (Å²) in [6, 6.07) is 2.86. The molecule has 0 heterocycles. The van der Waals surface area contributed by atoms with Crippen LogP contribution in [0.1, 0.15) is 11.7 Å². The molecule has 1 atom stereocenters. The van der Waals surface area contributed by atoms with Gasteiger partial charge in [-0.3, -0.25) is 0 Å². The summed E-state index contributed by atoms with van der Waals surface area (Å²) >= 11 is 11.3. The molecule has 3 N–H and O–H groups in total. The molecule has 0 aliphatic heterocycles. The lowest BCUT2D eigenvalue weighted by Crippen LogP contribution is -2.13. The highest BCUT2D eigenvalue weighted by molar-refractivity contribution is 7.89. The molecule has 0 radical (unpaired) electrons. The normalized spacial score (nSPS) is 12.6. The molecule has 1 rings (SSSR count). The molecule has 0 saturated heterocycles. The SMILES string of the molecule is NCC(O)c1c(OSF)ccc(Cl)c1Cl. The number of aliphatic hydroxyl groups is 1. The third-order valence-electron chi connectivity index (χ3n) is 1.77. The van der Waals surface area contributed by atoms with Crippen LogP contribution in [0.3, 0.4) is 0 Å². The number of rotatable bonds is 4. The number of halogens is 3. The monoisotopic (exact) mass is 271 g/mol. The minimum Gasteiger partial charge on any atom is -0.397 e. The van der Waals surface area contributed by atoms with E-state index in [-0.39, 0.29) is 40.3 Å². The van der Waals surface area contributed by atoms with Crippen LogP contribution in [-0.4, -0.2) is 11.7 Å². The molecule has 0 aliphatic rings. The molecule has 1 unspecified atom stereocenters. The van der Waals surface area contributed by atoms with Crippen LogP contribution in [0.4, 0.5) is 3.89 Å². The zero-order chi connectivity index (χ0) is 11.4. The fourth-order valence-corrected chi connectivity index (χ4v) is 1.74. The first kappa shape index (κ1) is 12.9. The van der Waals surface area contributed by atoms with Gasteiger partial charge in [0.15, 0.2) is 0 Å². The van der Waals surface area contributed by atoms with E-state index in [9.17, 15) is 8.99 Å². The summed E-state index contributed by atoms with van der Waals surface area (Å²) in [6.07, 6.45) is -1.04. The molecule has 1 aromatic carbocycles. The van der Waals surface area contributed by atoms with Crippen LogP contribution in [0, 0.1) is 0 Å². The highest BCUT2D eigenvalue weighted by Crippen LogP contribution is 2.38. The van der Waals surface area contributed by atoms with E-state index in [1.165, 1.54) is 12.1 Å². The standard InChI is InChI=1S/C8H8Cl2FNO2S/c9-4-1-2-6(14-15-11)7(8(4)10)5(13)3-12/h1-2,5,13H,3,12H2. The van der Waals surface area contributed by atoms with E-state index in [1.807, 2.05) is 0 Å². The van der Waals surface area contributed by atoms with Gasteiger partial charge in [0.1, 0.15) is 5.75 Å². The highest BCUT2D eigenvalue weighted by Gasteiger charge is 2.19. The van der Waals surface area contributed by atoms with Crippen molar-refractivity contribution in [2.24, 2.45) is 5.73 Å². The molecule has 7 heteroatoms. The van der Waals surface area contributed by atoms with E-state index >= 15 is 0 Å². The fourth-order valence-electron chi connectivity index (χ4n) is 1.08. The lowest BCUT2D eigenvalue weighted by Gasteiger charge is -2.14. The maximum Gasteiger partial charge on any atom is 0.272 e. The quantitative estimate of drug-likeness (QED) is 0.827. The number of hydrogen-bond acceptors (Lipinski definition) is 4. The predicted octanol–water partition coefficient (Wildman–Crippen LogP) is 2.90. The lowest BCUT2D eigenvalue weighted by atomic mass is 10.1. The number of aliphatic hydroxyl groups excluding tert-OH is 1. The number of hydrogen-bond donors (Lipinski definition) is 2. The van der Waals surface area contributed by atoms with E-state index in [4.69, 9.17) is 28.9 Å². The van der Waals surface area contributed by atoms with Gasteiger partial charge in [0.05, 0.1) is 16.1 Å². The van der Waals surface area contributed by atoms with Gasteiger partial charge in [-0.15, -0.1) is 3.89 Å². The van der Waals surface area contributed by atoms with Gasteiger partial charge in [-0.2, -0.15) is 0 Å². The Labute approximate surface area is 101 Å². The fraction of sp³-hybridized carbons (Fsp3) is 0.250. The van der Waals surface area contributed by atoms with E-state index in [0.717, 1.165) is 0 Å². The van der Waals surface area contributed by atoms with Gasteiger partial charge in [-0.05, 0) is 12.1 Å². The van der Waals surface area contributed by atoms with Crippen LogP contribution >= 0.6 is 35.6 Å². The maximum absolute atomic E-state index is 12.0. The number of benzene rings is 1. The van der Waals surface area contributed by atoms with Gasteiger partial charge in [0.2, 0.25) is 0 Å². The van der Waals surface area contributed by atoms with Crippen molar-refractivity contribution in [1.29, 1.82) is 0 Å². The maximum atomic E-state index is 12.0. The minimum absolute atomic E-state index is 0.0621. The molecular formula is C8H8Cl2FNO2S. The van der Waals surface area contributed by atoms with Crippen LogP contribution < -0.4 is 9.92 Å². The Balaban J connectivity index is 3.21. The Bertz CT molecular complexity index is 354. The Kier molecular flexibility index (Phi) is 4.95. The summed E-state index contributed by atoms with van der Waals surface area (Å²) in [4.78, 5) is 0. The van der Waals surface area contributed by atoms with E-state index < -0.39 is 6.10 Å². The van der Waals surface area contributed by atoms with Gasteiger partial charge in [-0.1, -0.05) is 23.2 Å². The van der Waals surface area contributed by atoms with Crippen molar-refractivity contribution < 1.29 is 13.2 Å². The molecule has 0 saturated carbocycles. The molecule has 0 aromatic heterocycles. The molecule has 0 bridgehead atoms. The Morgan fingerprint density at radius 2 is 2.20 bits per heavy atom. The molecule has 0 spiro atoms. The van der Waals surface area contributed by atoms with Crippen LogP contribution in [0.15, 0.2) is 12.1 Å². The van der Waals surface area contributed by atoms with Crippen molar-refractivity contribution >= 4 is 35.6 Å². The molecule has 0 fully saturated rings. The van der Waals surface area contributed by atoms with Crippen LogP contribution in [0.5, 0.6) is 5.75 Å². The van der Waals surface area contributed by atoms with Gasteiger partial charge < -0.3 is 15.0 Å². The van der Waals surface area contributed by atoms with Crippen molar-refractivity contribution in [3.05, 3.63) is 27.7 Å². The predicted molar refractivity (Wildman–Crippen MR) is 59.8 cm³/mol. The minimum atomic E-state index is -1.04. The third-order valence-corrected chi connectivity index (χ3v) is 2.83. The first-order valence-electron chi connectivity index (χ1n) is 3.93. The average Bonchev–Trinajstić information content (AvgIpc) is 2.23. The van der Waals surface area contributed by atoms with Crippen LogP contribution in [-0.2, 0) is 0 Å². The molecule has 84 valence electrons. The summed E-state index contributed by atoms with van der Waals surface area (Å²) in [5.41, 5.74) is 5.47. The topological polar surface area (TPSA) is 55.5 Å². The molecule has 15 heavy (non-hydrogen) atoms. The molecule has 0 amide bonds. The lowest BCUT2D eigenvalue weighted by molar-refractivity contribution is 0.184. The summed E-state index contributed by atoms with van der Waals surface area (Å²) in [6.45, 7) is -0.0621. The summed E-state index contributed by atoms with van der Waals surface area (Å²) < 4.78 is 16.6. The van der Waals surface area contributed by atoms with Gasteiger partial charge in [0, 0.05) is 12.1 Å². The first-order chi connectivity index (χ1) is 7.11. The summed E-state index contributed by atoms with van der Waals surface area (Å²) in [5, 5.41) is 9.92. The Morgan fingerprint density at radius 1 is 1.53 bits per heavy atom. The van der Waals surface area contributed by atoms with Crippen LogP contribution in [0.25, 0.3) is 0 Å². The zero-order valence-corrected chi connectivity index (χ0v) is 9.74. The van der Waals surface area contributed by atoms with Crippen molar-refractivity contribution in [3.63, 3.8) is 0 Å². The van der Waals surface area contributed by atoms with Gasteiger partial charge in [0.25, 0.3) is 12.4 Å². The smallest absolute Gasteiger partial charge is 0.272 e. The average molecular weight is 272 g/mol. The van der Waals surface area contributed by atoms with Gasteiger partial charge in [-0.25, -0.2) is 0 Å². The first-order valence-corrected chi connectivity index (χ1v) is 5.32. The zero-order valence-electron chi connectivity index (χ0n) is 7.41. The Hall–Kier alpha value is -0.200. The van der Waals surface area contributed by atoms with Gasteiger partial charge >= 0.3 is 0 Å². The molecular weight excluding hydrogens is 264 g/mol.